The minimum absolute atomic E-state index is 0.238. The summed E-state index contributed by atoms with van der Waals surface area (Å²) in [5.74, 6) is -0.374. The van der Waals surface area contributed by atoms with E-state index in [4.69, 9.17) is 10.4 Å². The number of rotatable bonds is 1. The van der Waals surface area contributed by atoms with Gasteiger partial charge >= 0.3 is 5.97 Å². The normalized spacial score (nSPS) is 42.7. The van der Waals surface area contributed by atoms with Gasteiger partial charge in [-0.2, -0.15) is 5.26 Å². The monoisotopic (exact) mass is 179 g/mol. The molecule has 3 nitrogen and oxygen atoms in total. The SMILES string of the molecule is N#CC1CC2CCC1(C(=O)O)CC2. The molecule has 0 amide bonds. The molecule has 3 fully saturated rings. The maximum atomic E-state index is 11.2. The maximum absolute atomic E-state index is 11.2. The summed E-state index contributed by atoms with van der Waals surface area (Å²) < 4.78 is 0. The van der Waals surface area contributed by atoms with Crippen molar-refractivity contribution in [3.63, 3.8) is 0 Å². The Kier molecular flexibility index (Phi) is 1.80. The molecule has 3 aliphatic carbocycles. The summed E-state index contributed by atoms with van der Waals surface area (Å²) >= 11 is 0. The predicted molar refractivity (Wildman–Crippen MR) is 45.7 cm³/mol. The van der Waals surface area contributed by atoms with Crippen LogP contribution in [0.5, 0.6) is 0 Å². The van der Waals surface area contributed by atoms with Crippen molar-refractivity contribution >= 4 is 5.97 Å². The van der Waals surface area contributed by atoms with Gasteiger partial charge in [0.2, 0.25) is 0 Å². The van der Waals surface area contributed by atoms with Crippen molar-refractivity contribution in [2.75, 3.05) is 0 Å². The molecule has 0 radical (unpaired) electrons. The second kappa shape index (κ2) is 2.73. The Hall–Kier alpha value is -1.04. The summed E-state index contributed by atoms with van der Waals surface area (Å²) in [6.45, 7) is 0. The maximum Gasteiger partial charge on any atom is 0.310 e. The van der Waals surface area contributed by atoms with Crippen LogP contribution in [0.1, 0.15) is 32.1 Å². The highest BCUT2D eigenvalue weighted by molar-refractivity contribution is 5.76. The molecule has 1 unspecified atom stereocenters. The lowest BCUT2D eigenvalue weighted by Gasteiger charge is -2.46. The lowest BCUT2D eigenvalue weighted by Crippen LogP contribution is -2.46. The third kappa shape index (κ3) is 1.05. The molecule has 3 rings (SSSR count). The number of fused-ring (bicyclic) bond motifs is 3. The van der Waals surface area contributed by atoms with Gasteiger partial charge in [-0.25, -0.2) is 0 Å². The van der Waals surface area contributed by atoms with Crippen LogP contribution < -0.4 is 0 Å². The van der Waals surface area contributed by atoms with Crippen LogP contribution in [0.25, 0.3) is 0 Å². The van der Waals surface area contributed by atoms with E-state index in [2.05, 4.69) is 6.07 Å². The topological polar surface area (TPSA) is 61.1 Å². The van der Waals surface area contributed by atoms with Crippen LogP contribution in [0.15, 0.2) is 0 Å². The Balaban J connectivity index is 2.32. The summed E-state index contributed by atoms with van der Waals surface area (Å²) in [7, 11) is 0. The van der Waals surface area contributed by atoms with E-state index in [1.807, 2.05) is 0 Å². The number of carbonyl (C=O) groups is 1. The Morgan fingerprint density at radius 1 is 1.46 bits per heavy atom. The Morgan fingerprint density at radius 2 is 2.08 bits per heavy atom. The molecule has 3 aliphatic rings. The third-order valence-electron chi connectivity index (χ3n) is 3.82. The molecule has 2 bridgehead atoms. The van der Waals surface area contributed by atoms with E-state index in [1.54, 1.807) is 0 Å². The van der Waals surface area contributed by atoms with Gasteiger partial charge in [-0.3, -0.25) is 4.79 Å². The van der Waals surface area contributed by atoms with Gasteiger partial charge < -0.3 is 5.11 Å². The molecule has 0 aromatic carbocycles. The zero-order chi connectivity index (χ0) is 9.47. The molecular formula is C10H13NO2. The van der Waals surface area contributed by atoms with Gasteiger partial charge in [-0.15, -0.1) is 0 Å². The molecule has 13 heavy (non-hydrogen) atoms. The average Bonchev–Trinajstić information content (AvgIpc) is 2.19. The van der Waals surface area contributed by atoms with E-state index >= 15 is 0 Å². The molecule has 0 aromatic rings. The van der Waals surface area contributed by atoms with Gasteiger partial charge in [0.1, 0.15) is 0 Å². The van der Waals surface area contributed by atoms with E-state index in [0.717, 1.165) is 19.3 Å². The summed E-state index contributed by atoms with van der Waals surface area (Å²) in [5.41, 5.74) is -0.691. The standard InChI is InChI=1S/C10H13NO2/c11-6-8-5-7-1-3-10(8,4-2-7)9(12)13/h7-8H,1-5H2,(H,12,13). The quantitative estimate of drug-likeness (QED) is 0.667. The molecule has 0 aromatic heterocycles. The summed E-state index contributed by atoms with van der Waals surface area (Å²) in [6.07, 6.45) is 4.24. The van der Waals surface area contributed by atoms with Gasteiger partial charge in [-0.1, -0.05) is 0 Å². The van der Waals surface area contributed by atoms with E-state index in [9.17, 15) is 4.79 Å². The van der Waals surface area contributed by atoms with Crippen molar-refractivity contribution in [1.29, 1.82) is 5.26 Å². The first-order chi connectivity index (χ1) is 6.19. The zero-order valence-electron chi connectivity index (χ0n) is 7.49. The predicted octanol–water partition coefficient (Wildman–Crippen LogP) is 1.79. The average molecular weight is 179 g/mol. The summed E-state index contributed by atoms with van der Waals surface area (Å²) in [4.78, 5) is 11.2. The molecule has 0 spiro atoms. The Labute approximate surface area is 77.4 Å². The van der Waals surface area contributed by atoms with Crippen molar-refractivity contribution in [2.24, 2.45) is 17.3 Å². The smallest absolute Gasteiger partial charge is 0.310 e. The number of nitrogens with zero attached hydrogens (tertiary/aromatic N) is 1. The van der Waals surface area contributed by atoms with Gasteiger partial charge in [0.05, 0.1) is 17.4 Å². The number of carboxylic acid groups (broad SMARTS) is 1. The van der Waals surface area contributed by atoms with Crippen molar-refractivity contribution in [3.05, 3.63) is 0 Å². The van der Waals surface area contributed by atoms with Crippen LogP contribution in [-0.4, -0.2) is 11.1 Å². The molecule has 3 heteroatoms. The highest BCUT2D eigenvalue weighted by Crippen LogP contribution is 2.53. The fourth-order valence-electron chi connectivity index (χ4n) is 2.87. The molecule has 1 atom stereocenters. The van der Waals surface area contributed by atoms with E-state index in [-0.39, 0.29) is 5.92 Å². The van der Waals surface area contributed by atoms with E-state index in [1.165, 1.54) is 0 Å². The molecule has 0 saturated heterocycles. The largest absolute Gasteiger partial charge is 0.481 e. The van der Waals surface area contributed by atoms with Crippen LogP contribution in [0, 0.1) is 28.6 Å². The molecular weight excluding hydrogens is 166 g/mol. The molecule has 70 valence electrons. The van der Waals surface area contributed by atoms with E-state index < -0.39 is 11.4 Å². The van der Waals surface area contributed by atoms with Crippen LogP contribution in [-0.2, 0) is 4.79 Å². The second-order valence-corrected chi connectivity index (χ2v) is 4.32. The Morgan fingerprint density at radius 3 is 2.46 bits per heavy atom. The third-order valence-corrected chi connectivity index (χ3v) is 3.82. The van der Waals surface area contributed by atoms with Crippen molar-refractivity contribution in [3.8, 4) is 6.07 Å². The molecule has 0 aliphatic heterocycles. The number of hydrogen-bond donors (Lipinski definition) is 1. The Bertz CT molecular complexity index is 271. The van der Waals surface area contributed by atoms with Gasteiger partial charge in [0, 0.05) is 0 Å². The summed E-state index contributed by atoms with van der Waals surface area (Å²) in [5, 5.41) is 18.1. The number of aliphatic carboxylic acids is 1. The molecule has 1 N–H and O–H groups in total. The number of hydrogen-bond acceptors (Lipinski definition) is 2. The minimum atomic E-state index is -0.753. The number of nitriles is 1. The molecule has 3 saturated carbocycles. The lowest BCUT2D eigenvalue weighted by molar-refractivity contribution is -0.158. The van der Waals surface area contributed by atoms with Gasteiger partial charge in [-0.05, 0) is 38.0 Å². The van der Waals surface area contributed by atoms with Gasteiger partial charge in [0.15, 0.2) is 0 Å². The van der Waals surface area contributed by atoms with Crippen molar-refractivity contribution in [2.45, 2.75) is 32.1 Å². The van der Waals surface area contributed by atoms with Crippen molar-refractivity contribution < 1.29 is 9.90 Å². The number of carboxylic acids is 1. The first kappa shape index (κ1) is 8.55. The van der Waals surface area contributed by atoms with Crippen molar-refractivity contribution in [1.82, 2.24) is 0 Å². The zero-order valence-corrected chi connectivity index (χ0v) is 7.49. The van der Waals surface area contributed by atoms with Crippen LogP contribution >= 0.6 is 0 Å². The fraction of sp³-hybridized carbons (Fsp3) is 0.800. The van der Waals surface area contributed by atoms with Crippen LogP contribution in [0.4, 0.5) is 0 Å². The highest BCUT2D eigenvalue weighted by atomic mass is 16.4. The highest BCUT2D eigenvalue weighted by Gasteiger charge is 2.53. The van der Waals surface area contributed by atoms with Crippen LogP contribution in [0.2, 0.25) is 0 Å². The van der Waals surface area contributed by atoms with E-state index in [0.29, 0.717) is 18.8 Å². The fourth-order valence-corrected chi connectivity index (χ4v) is 2.87. The van der Waals surface area contributed by atoms with Crippen LogP contribution in [0.3, 0.4) is 0 Å². The minimum Gasteiger partial charge on any atom is -0.481 e. The lowest BCUT2D eigenvalue weighted by atomic mass is 9.55. The first-order valence-electron chi connectivity index (χ1n) is 4.82. The molecule has 0 heterocycles. The second-order valence-electron chi connectivity index (χ2n) is 4.32. The first-order valence-corrected chi connectivity index (χ1v) is 4.82. The summed E-state index contributed by atoms with van der Waals surface area (Å²) in [6, 6.07) is 2.18. The van der Waals surface area contributed by atoms with Gasteiger partial charge in [0.25, 0.3) is 0 Å².